The average Bonchev–Trinajstić information content (AvgIpc) is 2.66. The van der Waals surface area contributed by atoms with E-state index in [0.717, 1.165) is 22.6 Å². The highest BCUT2D eigenvalue weighted by molar-refractivity contribution is 6.31. The van der Waals surface area contributed by atoms with Gasteiger partial charge in [-0.2, -0.15) is 0 Å². The summed E-state index contributed by atoms with van der Waals surface area (Å²) in [5, 5.41) is 13.0. The second-order valence-corrected chi connectivity index (χ2v) is 8.68. The number of hydrogen-bond acceptors (Lipinski definition) is 2. The van der Waals surface area contributed by atoms with E-state index >= 15 is 0 Å². The van der Waals surface area contributed by atoms with E-state index < -0.39 is 0 Å². The Morgan fingerprint density at radius 2 is 1.74 bits per heavy atom. The van der Waals surface area contributed by atoms with Crippen molar-refractivity contribution in [2.24, 2.45) is 4.99 Å². The summed E-state index contributed by atoms with van der Waals surface area (Å²) in [6, 6.07) is 14.1. The Hall–Kier alpha value is -1.84. The Labute approximate surface area is 167 Å². The van der Waals surface area contributed by atoms with Crippen molar-refractivity contribution in [1.29, 1.82) is 0 Å². The highest BCUT2D eigenvalue weighted by Gasteiger charge is 2.29. The van der Waals surface area contributed by atoms with Gasteiger partial charge in [0, 0.05) is 10.6 Å². The summed E-state index contributed by atoms with van der Waals surface area (Å²) in [6.45, 7) is 2.92. The highest BCUT2D eigenvalue weighted by atomic mass is 35.5. The summed E-state index contributed by atoms with van der Waals surface area (Å²) in [7, 11) is 4.66. The standard InChI is InChI=1S/C23H29ClN2O/c1-17-9-12-19(15-22(17)24)23(27)25-20-13-10-18(11-14-20)16-26(2,3)21-7-5-4-6-8-21/h9-15,21H,4-8,16H2,1-3H3. The van der Waals surface area contributed by atoms with Gasteiger partial charge in [-0.15, -0.1) is 0 Å². The smallest absolute Gasteiger partial charge is 0.104 e. The summed E-state index contributed by atoms with van der Waals surface area (Å²) in [5.74, 6) is -0.261. The molecule has 0 spiro atoms. The van der Waals surface area contributed by atoms with Crippen LogP contribution in [0.5, 0.6) is 0 Å². The van der Waals surface area contributed by atoms with Crippen molar-refractivity contribution < 1.29 is 9.59 Å². The molecule has 144 valence electrons. The number of benzene rings is 2. The third-order valence-corrected chi connectivity index (χ3v) is 6.15. The number of nitrogens with zero attached hydrogens (tertiary/aromatic N) is 2. The highest BCUT2D eigenvalue weighted by Crippen LogP contribution is 2.28. The van der Waals surface area contributed by atoms with Gasteiger partial charge in [0.25, 0.3) is 0 Å². The molecule has 0 unspecified atom stereocenters. The summed E-state index contributed by atoms with van der Waals surface area (Å²) in [4.78, 5) is 4.22. The summed E-state index contributed by atoms with van der Waals surface area (Å²) < 4.78 is 1.03. The van der Waals surface area contributed by atoms with Crippen LogP contribution in [-0.2, 0) is 6.54 Å². The molecule has 2 aromatic rings. The Balaban J connectivity index is 1.70. The van der Waals surface area contributed by atoms with Gasteiger partial charge < -0.3 is 9.59 Å². The van der Waals surface area contributed by atoms with E-state index in [1.807, 2.05) is 25.1 Å². The van der Waals surface area contributed by atoms with Gasteiger partial charge in [-0.05, 0) is 67.8 Å². The maximum atomic E-state index is 12.4. The molecule has 0 aromatic heterocycles. The van der Waals surface area contributed by atoms with Crippen LogP contribution in [0.2, 0.25) is 5.02 Å². The SMILES string of the molecule is Cc1ccc(C([O-])=Nc2ccc(C[N+](C)(C)C3CCCCC3)cc2)cc1Cl. The summed E-state index contributed by atoms with van der Waals surface area (Å²) in [5.41, 5.74) is 3.44. The van der Waals surface area contributed by atoms with Crippen LogP contribution in [0, 0.1) is 6.92 Å². The van der Waals surface area contributed by atoms with E-state index in [1.54, 1.807) is 12.1 Å². The lowest BCUT2D eigenvalue weighted by molar-refractivity contribution is -0.929. The van der Waals surface area contributed by atoms with Crippen molar-refractivity contribution in [2.45, 2.75) is 51.6 Å². The van der Waals surface area contributed by atoms with Crippen LogP contribution in [0.15, 0.2) is 47.5 Å². The minimum atomic E-state index is -0.261. The molecule has 0 bridgehead atoms. The Morgan fingerprint density at radius 1 is 1.07 bits per heavy atom. The second kappa shape index (κ2) is 8.45. The predicted molar refractivity (Wildman–Crippen MR) is 112 cm³/mol. The van der Waals surface area contributed by atoms with E-state index in [4.69, 9.17) is 11.6 Å². The summed E-state index contributed by atoms with van der Waals surface area (Å²) in [6.07, 6.45) is 6.75. The molecule has 3 rings (SSSR count). The quantitative estimate of drug-likeness (QED) is 0.406. The lowest BCUT2D eigenvalue weighted by atomic mass is 9.92. The van der Waals surface area contributed by atoms with Gasteiger partial charge in [0.1, 0.15) is 6.54 Å². The fourth-order valence-electron chi connectivity index (χ4n) is 3.96. The minimum Gasteiger partial charge on any atom is -0.858 e. The van der Waals surface area contributed by atoms with Crippen molar-refractivity contribution >= 4 is 23.2 Å². The fraction of sp³-hybridized carbons (Fsp3) is 0.435. The Kier molecular flexibility index (Phi) is 6.23. The average molecular weight is 385 g/mol. The maximum Gasteiger partial charge on any atom is 0.104 e. The first-order valence-corrected chi connectivity index (χ1v) is 10.2. The minimum absolute atomic E-state index is 0.261. The number of quaternary nitrogens is 1. The molecular formula is C23H29ClN2O. The van der Waals surface area contributed by atoms with Gasteiger partial charge in [-0.25, -0.2) is 0 Å². The van der Waals surface area contributed by atoms with E-state index in [-0.39, 0.29) is 5.90 Å². The monoisotopic (exact) mass is 384 g/mol. The van der Waals surface area contributed by atoms with Crippen LogP contribution in [-0.4, -0.2) is 30.5 Å². The molecule has 0 amide bonds. The maximum absolute atomic E-state index is 12.4. The molecule has 1 saturated carbocycles. The third kappa shape index (κ3) is 5.12. The molecule has 1 aliphatic carbocycles. The van der Waals surface area contributed by atoms with Gasteiger partial charge in [0.2, 0.25) is 0 Å². The third-order valence-electron chi connectivity index (χ3n) is 5.74. The van der Waals surface area contributed by atoms with E-state index in [0.29, 0.717) is 16.3 Å². The largest absolute Gasteiger partial charge is 0.858 e. The zero-order valence-electron chi connectivity index (χ0n) is 16.5. The van der Waals surface area contributed by atoms with Crippen LogP contribution in [0.3, 0.4) is 0 Å². The zero-order chi connectivity index (χ0) is 19.4. The van der Waals surface area contributed by atoms with Crippen LogP contribution in [0.1, 0.15) is 48.8 Å². The Morgan fingerprint density at radius 3 is 2.37 bits per heavy atom. The van der Waals surface area contributed by atoms with Gasteiger partial charge in [0.15, 0.2) is 0 Å². The number of aliphatic imine (C=N–C) groups is 1. The van der Waals surface area contributed by atoms with Gasteiger partial charge in [0.05, 0.1) is 25.8 Å². The van der Waals surface area contributed by atoms with Crippen molar-refractivity contribution in [3.8, 4) is 0 Å². The molecule has 1 aliphatic rings. The molecule has 0 saturated heterocycles. The van der Waals surface area contributed by atoms with Gasteiger partial charge in [-0.3, -0.25) is 4.99 Å². The molecule has 0 atom stereocenters. The first-order valence-electron chi connectivity index (χ1n) is 9.79. The first kappa shape index (κ1) is 19.9. The second-order valence-electron chi connectivity index (χ2n) is 8.28. The van der Waals surface area contributed by atoms with E-state index in [1.165, 1.54) is 37.7 Å². The first-order chi connectivity index (χ1) is 12.8. The fourth-order valence-corrected chi connectivity index (χ4v) is 4.14. The van der Waals surface area contributed by atoms with E-state index in [2.05, 4.69) is 31.2 Å². The van der Waals surface area contributed by atoms with Crippen molar-refractivity contribution in [2.75, 3.05) is 14.1 Å². The normalized spacial score (nSPS) is 16.5. The lowest BCUT2D eigenvalue weighted by Crippen LogP contribution is -2.48. The predicted octanol–water partition coefficient (Wildman–Crippen LogP) is 5.00. The molecule has 4 heteroatoms. The molecule has 3 nitrogen and oxygen atoms in total. The molecule has 0 aliphatic heterocycles. The molecule has 0 radical (unpaired) electrons. The van der Waals surface area contributed by atoms with Gasteiger partial charge >= 0.3 is 0 Å². The van der Waals surface area contributed by atoms with Crippen LogP contribution in [0.4, 0.5) is 5.69 Å². The van der Waals surface area contributed by atoms with E-state index in [9.17, 15) is 5.11 Å². The van der Waals surface area contributed by atoms with Crippen molar-refractivity contribution in [1.82, 2.24) is 0 Å². The van der Waals surface area contributed by atoms with Crippen molar-refractivity contribution in [3.63, 3.8) is 0 Å². The number of hydrogen-bond donors (Lipinski definition) is 0. The molecule has 0 N–H and O–H groups in total. The topological polar surface area (TPSA) is 35.4 Å². The lowest BCUT2D eigenvalue weighted by Gasteiger charge is -2.40. The van der Waals surface area contributed by atoms with Crippen LogP contribution >= 0.6 is 11.6 Å². The Bertz CT molecular complexity index is 806. The molecule has 0 heterocycles. The van der Waals surface area contributed by atoms with Crippen LogP contribution < -0.4 is 5.11 Å². The van der Waals surface area contributed by atoms with Crippen LogP contribution in [0.25, 0.3) is 0 Å². The molecule has 27 heavy (non-hydrogen) atoms. The number of rotatable bonds is 5. The molecule has 2 aromatic carbocycles. The zero-order valence-corrected chi connectivity index (χ0v) is 17.3. The molecular weight excluding hydrogens is 356 g/mol. The number of halogens is 1. The van der Waals surface area contributed by atoms with Crippen molar-refractivity contribution in [3.05, 3.63) is 64.2 Å². The number of aryl methyl sites for hydroxylation is 1. The summed E-state index contributed by atoms with van der Waals surface area (Å²) >= 11 is 6.11. The molecule has 1 fully saturated rings. The van der Waals surface area contributed by atoms with Gasteiger partial charge in [-0.1, -0.05) is 42.3 Å².